The van der Waals surface area contributed by atoms with Gasteiger partial charge in [0.15, 0.2) is 0 Å². The summed E-state index contributed by atoms with van der Waals surface area (Å²) in [5.74, 6) is 0.173. The summed E-state index contributed by atoms with van der Waals surface area (Å²) >= 11 is 0. The first-order valence-corrected chi connectivity index (χ1v) is 10.5. The highest BCUT2D eigenvalue weighted by atomic mass is 16.2. The van der Waals surface area contributed by atoms with Crippen molar-refractivity contribution < 1.29 is 9.59 Å². The minimum atomic E-state index is -0.593. The monoisotopic (exact) mass is 393 g/mol. The van der Waals surface area contributed by atoms with E-state index in [9.17, 15) is 9.59 Å². The van der Waals surface area contributed by atoms with Gasteiger partial charge in [0, 0.05) is 37.9 Å². The van der Waals surface area contributed by atoms with Crippen LogP contribution in [0.4, 0.5) is 0 Å². The molecule has 0 spiro atoms. The molecule has 154 valence electrons. The highest BCUT2D eigenvalue weighted by Crippen LogP contribution is 2.35. The number of hydrogen-bond acceptors (Lipinski definition) is 3. The summed E-state index contributed by atoms with van der Waals surface area (Å²) in [6, 6.07) is 12.4. The molecule has 0 aliphatic carbocycles. The average molecular weight is 394 g/mol. The second kappa shape index (κ2) is 9.21. The molecule has 3 rings (SSSR count). The summed E-state index contributed by atoms with van der Waals surface area (Å²) < 4.78 is 0. The van der Waals surface area contributed by atoms with E-state index in [1.54, 1.807) is 12.4 Å². The van der Waals surface area contributed by atoms with E-state index >= 15 is 0 Å². The van der Waals surface area contributed by atoms with E-state index < -0.39 is 5.41 Å². The molecule has 2 amide bonds. The minimum absolute atomic E-state index is 0.0513. The fourth-order valence-electron chi connectivity index (χ4n) is 4.19. The summed E-state index contributed by atoms with van der Waals surface area (Å²) in [5.41, 5.74) is 2.74. The van der Waals surface area contributed by atoms with Gasteiger partial charge in [-0.15, -0.1) is 0 Å². The van der Waals surface area contributed by atoms with Crippen molar-refractivity contribution in [3.8, 4) is 11.1 Å². The Bertz CT molecular complexity index is 850. The zero-order valence-corrected chi connectivity index (χ0v) is 17.6. The number of carbonyl (C=O) groups excluding carboxylic acids is 2. The highest BCUT2D eigenvalue weighted by molar-refractivity contribution is 5.85. The van der Waals surface area contributed by atoms with Gasteiger partial charge in [0.1, 0.15) is 0 Å². The Balaban J connectivity index is 1.91. The summed E-state index contributed by atoms with van der Waals surface area (Å²) in [7, 11) is 0. The number of aromatic nitrogens is 1. The van der Waals surface area contributed by atoms with Crippen molar-refractivity contribution in [1.29, 1.82) is 0 Å². The van der Waals surface area contributed by atoms with Crippen LogP contribution in [-0.4, -0.2) is 40.8 Å². The molecule has 0 radical (unpaired) electrons. The lowest BCUT2D eigenvalue weighted by atomic mass is 9.73. The molecule has 1 fully saturated rings. The number of hydrogen-bond donors (Lipinski definition) is 1. The van der Waals surface area contributed by atoms with Gasteiger partial charge in [0.25, 0.3) is 0 Å². The van der Waals surface area contributed by atoms with E-state index in [0.29, 0.717) is 19.4 Å². The highest BCUT2D eigenvalue weighted by Gasteiger charge is 2.43. The Hall–Kier alpha value is -2.69. The molecular formula is C24H31N3O2. The molecule has 2 aromatic rings. The van der Waals surface area contributed by atoms with Crippen LogP contribution in [0, 0.1) is 5.41 Å². The SMILES string of the molecule is CCC(=O)N1CCC[C@@](Cc2cccc(-c3ccncc3)c2)(C(=O)NC(C)C)C1. The van der Waals surface area contributed by atoms with Crippen LogP contribution >= 0.6 is 0 Å². The van der Waals surface area contributed by atoms with Crippen molar-refractivity contribution in [1.82, 2.24) is 15.2 Å². The minimum Gasteiger partial charge on any atom is -0.353 e. The maximum Gasteiger partial charge on any atom is 0.228 e. The largest absolute Gasteiger partial charge is 0.353 e. The van der Waals surface area contributed by atoms with Crippen molar-refractivity contribution in [2.24, 2.45) is 5.41 Å². The molecular weight excluding hydrogens is 362 g/mol. The van der Waals surface area contributed by atoms with E-state index in [1.807, 2.05) is 43.9 Å². The molecule has 5 nitrogen and oxygen atoms in total. The normalized spacial score (nSPS) is 19.2. The van der Waals surface area contributed by atoms with Crippen molar-refractivity contribution >= 4 is 11.8 Å². The topological polar surface area (TPSA) is 62.3 Å². The van der Waals surface area contributed by atoms with Crippen LogP contribution in [0.1, 0.15) is 45.6 Å². The van der Waals surface area contributed by atoms with E-state index in [0.717, 1.165) is 36.1 Å². The number of carbonyl (C=O) groups is 2. The van der Waals surface area contributed by atoms with Gasteiger partial charge in [-0.3, -0.25) is 14.6 Å². The molecule has 1 N–H and O–H groups in total. The first kappa shape index (κ1) is 21.0. The van der Waals surface area contributed by atoms with E-state index in [-0.39, 0.29) is 17.9 Å². The van der Waals surface area contributed by atoms with Crippen LogP contribution in [0.15, 0.2) is 48.8 Å². The molecule has 5 heteroatoms. The Morgan fingerprint density at radius 2 is 1.93 bits per heavy atom. The van der Waals surface area contributed by atoms with Crippen LogP contribution in [0.2, 0.25) is 0 Å². The Morgan fingerprint density at radius 1 is 1.17 bits per heavy atom. The smallest absolute Gasteiger partial charge is 0.228 e. The van der Waals surface area contributed by atoms with Crippen molar-refractivity contribution in [3.63, 3.8) is 0 Å². The van der Waals surface area contributed by atoms with Crippen molar-refractivity contribution in [2.75, 3.05) is 13.1 Å². The number of nitrogens with zero attached hydrogens (tertiary/aromatic N) is 2. The first-order valence-electron chi connectivity index (χ1n) is 10.5. The second-order valence-electron chi connectivity index (χ2n) is 8.29. The summed E-state index contributed by atoms with van der Waals surface area (Å²) in [6.45, 7) is 7.06. The first-order chi connectivity index (χ1) is 13.9. The zero-order valence-electron chi connectivity index (χ0n) is 17.6. The molecule has 0 saturated carbocycles. The molecule has 1 aromatic heterocycles. The van der Waals surface area contributed by atoms with Crippen LogP contribution in [0.3, 0.4) is 0 Å². The number of piperidine rings is 1. The number of benzene rings is 1. The third-order valence-corrected chi connectivity index (χ3v) is 5.62. The van der Waals surface area contributed by atoms with Gasteiger partial charge >= 0.3 is 0 Å². The molecule has 0 unspecified atom stereocenters. The summed E-state index contributed by atoms with van der Waals surface area (Å²) in [4.78, 5) is 31.6. The molecule has 1 aromatic carbocycles. The number of rotatable bonds is 6. The van der Waals surface area contributed by atoms with Gasteiger partial charge in [0.05, 0.1) is 5.41 Å². The zero-order chi connectivity index (χ0) is 20.9. The van der Waals surface area contributed by atoms with E-state index in [2.05, 4.69) is 28.5 Å². The number of pyridine rings is 1. The predicted octanol–water partition coefficient (Wildman–Crippen LogP) is 3.83. The van der Waals surface area contributed by atoms with Gasteiger partial charge in [-0.2, -0.15) is 0 Å². The molecule has 29 heavy (non-hydrogen) atoms. The maximum absolute atomic E-state index is 13.3. The van der Waals surface area contributed by atoms with Crippen LogP contribution in [0.25, 0.3) is 11.1 Å². The van der Waals surface area contributed by atoms with Gasteiger partial charge in [0.2, 0.25) is 11.8 Å². The molecule has 1 saturated heterocycles. The van der Waals surface area contributed by atoms with Crippen LogP contribution in [0.5, 0.6) is 0 Å². The van der Waals surface area contributed by atoms with E-state index in [1.165, 1.54) is 0 Å². The second-order valence-corrected chi connectivity index (χ2v) is 8.29. The number of nitrogens with one attached hydrogen (secondary N) is 1. The Labute approximate surface area is 173 Å². The standard InChI is InChI=1S/C24H31N3O2/c1-4-22(28)27-14-6-11-24(17-27,23(29)26-18(2)3)16-19-7-5-8-21(15-19)20-9-12-25-13-10-20/h5,7-10,12-13,15,18H,4,6,11,14,16-17H2,1-3H3,(H,26,29)/t24-/m0/s1. The predicted molar refractivity (Wildman–Crippen MR) is 115 cm³/mol. The maximum atomic E-state index is 13.3. The molecule has 1 aliphatic heterocycles. The summed E-state index contributed by atoms with van der Waals surface area (Å²) in [5, 5.41) is 3.11. The number of amides is 2. The van der Waals surface area contributed by atoms with Gasteiger partial charge in [-0.1, -0.05) is 31.2 Å². The van der Waals surface area contributed by atoms with E-state index in [4.69, 9.17) is 0 Å². The lowest BCUT2D eigenvalue weighted by molar-refractivity contribution is -0.141. The molecule has 2 heterocycles. The number of likely N-dealkylation sites (tertiary alicyclic amines) is 1. The quantitative estimate of drug-likeness (QED) is 0.811. The third kappa shape index (κ3) is 5.03. The lowest BCUT2D eigenvalue weighted by Crippen LogP contribution is -2.55. The Morgan fingerprint density at radius 3 is 2.62 bits per heavy atom. The average Bonchev–Trinajstić information content (AvgIpc) is 2.73. The van der Waals surface area contributed by atoms with Gasteiger partial charge in [-0.25, -0.2) is 0 Å². The van der Waals surface area contributed by atoms with Crippen molar-refractivity contribution in [3.05, 3.63) is 54.4 Å². The molecule has 0 bridgehead atoms. The van der Waals surface area contributed by atoms with Crippen LogP contribution < -0.4 is 5.32 Å². The fourth-order valence-corrected chi connectivity index (χ4v) is 4.19. The van der Waals surface area contributed by atoms with Crippen molar-refractivity contribution in [2.45, 2.75) is 52.5 Å². The molecule has 1 atom stereocenters. The fraction of sp³-hybridized carbons (Fsp3) is 0.458. The Kier molecular flexibility index (Phi) is 6.68. The molecule has 1 aliphatic rings. The third-order valence-electron chi connectivity index (χ3n) is 5.62. The van der Waals surface area contributed by atoms with Gasteiger partial charge < -0.3 is 10.2 Å². The summed E-state index contributed by atoms with van der Waals surface area (Å²) in [6.07, 6.45) is 6.31. The lowest BCUT2D eigenvalue weighted by Gasteiger charge is -2.42. The van der Waals surface area contributed by atoms with Gasteiger partial charge in [-0.05, 0) is 61.9 Å². The van der Waals surface area contributed by atoms with Crippen LogP contribution in [-0.2, 0) is 16.0 Å².